The fraction of sp³-hybridized carbons (Fsp3) is 0.345. The minimum Gasteiger partial charge on any atom is -0.456 e. The molecule has 2 unspecified atom stereocenters. The van der Waals surface area contributed by atoms with E-state index in [2.05, 4.69) is 69.3 Å². The summed E-state index contributed by atoms with van der Waals surface area (Å²) in [6, 6.07) is 29.9. The standard InChI is InChI=1S/C29H34O5Si/c1-29(2,3)35(23-16-10-6-11-17-23,24-18-12-7-13-19-24)32-21-26-25(20-27(31-4)33-26)34-28(30)22-14-8-5-9-15-22/h5-19,25-27H,20-21H2,1-4H3/t25?,26-,27?/m0/s1. The van der Waals surface area contributed by atoms with Crippen LogP contribution in [0, 0.1) is 0 Å². The van der Waals surface area contributed by atoms with Crippen LogP contribution in [0.5, 0.6) is 0 Å². The van der Waals surface area contributed by atoms with E-state index in [4.69, 9.17) is 18.6 Å². The van der Waals surface area contributed by atoms with Gasteiger partial charge in [-0.2, -0.15) is 0 Å². The molecule has 4 rings (SSSR count). The van der Waals surface area contributed by atoms with Gasteiger partial charge < -0.3 is 18.6 Å². The quantitative estimate of drug-likeness (QED) is 0.343. The van der Waals surface area contributed by atoms with Gasteiger partial charge in [0, 0.05) is 13.5 Å². The Kier molecular flexibility index (Phi) is 7.87. The van der Waals surface area contributed by atoms with Gasteiger partial charge in [0.15, 0.2) is 6.29 Å². The average molecular weight is 491 g/mol. The summed E-state index contributed by atoms with van der Waals surface area (Å²) in [4.78, 5) is 12.8. The largest absolute Gasteiger partial charge is 0.456 e. The first-order valence-corrected chi connectivity index (χ1v) is 14.0. The molecule has 0 amide bonds. The number of hydrogen-bond acceptors (Lipinski definition) is 5. The fourth-order valence-electron chi connectivity index (χ4n) is 4.85. The SMILES string of the molecule is COC1CC(OC(=O)c2ccccc2)[C@H](CO[Si](c2ccccc2)(c2ccccc2)C(C)(C)C)O1. The van der Waals surface area contributed by atoms with Crippen molar-refractivity contribution >= 4 is 24.7 Å². The van der Waals surface area contributed by atoms with Crippen molar-refractivity contribution in [1.29, 1.82) is 0 Å². The minimum absolute atomic E-state index is 0.162. The first kappa shape index (κ1) is 25.3. The maximum Gasteiger partial charge on any atom is 0.338 e. The fourth-order valence-corrected chi connectivity index (χ4v) is 9.42. The molecule has 1 saturated heterocycles. The molecule has 0 saturated carbocycles. The number of rotatable bonds is 8. The lowest BCUT2D eigenvalue weighted by atomic mass is 10.2. The Balaban J connectivity index is 1.63. The minimum atomic E-state index is -2.74. The van der Waals surface area contributed by atoms with Crippen molar-refractivity contribution < 1.29 is 23.4 Å². The van der Waals surface area contributed by atoms with Gasteiger partial charge in [0.25, 0.3) is 8.32 Å². The van der Waals surface area contributed by atoms with E-state index >= 15 is 0 Å². The molecule has 1 fully saturated rings. The van der Waals surface area contributed by atoms with Gasteiger partial charge in [0.2, 0.25) is 0 Å². The highest BCUT2D eigenvalue weighted by atomic mass is 28.4. The second-order valence-electron chi connectivity index (χ2n) is 9.86. The van der Waals surface area contributed by atoms with Gasteiger partial charge in [-0.3, -0.25) is 0 Å². The number of carbonyl (C=O) groups excluding carboxylic acids is 1. The van der Waals surface area contributed by atoms with Gasteiger partial charge in [0.05, 0.1) is 12.2 Å². The monoisotopic (exact) mass is 490 g/mol. The van der Waals surface area contributed by atoms with Crippen LogP contribution in [0.25, 0.3) is 0 Å². The van der Waals surface area contributed by atoms with Crippen molar-refractivity contribution in [3.05, 3.63) is 96.6 Å². The van der Waals surface area contributed by atoms with E-state index in [0.717, 1.165) is 0 Å². The van der Waals surface area contributed by atoms with E-state index in [1.54, 1.807) is 19.2 Å². The molecule has 0 radical (unpaired) electrons. The Hall–Kier alpha value is -2.77. The highest BCUT2D eigenvalue weighted by Crippen LogP contribution is 2.37. The summed E-state index contributed by atoms with van der Waals surface area (Å²) in [5.41, 5.74) is 0.514. The smallest absolute Gasteiger partial charge is 0.338 e. The van der Waals surface area contributed by atoms with Gasteiger partial charge >= 0.3 is 5.97 Å². The van der Waals surface area contributed by atoms with Crippen LogP contribution in [0.15, 0.2) is 91.0 Å². The number of carbonyl (C=O) groups is 1. The van der Waals surface area contributed by atoms with E-state index in [0.29, 0.717) is 18.6 Å². The van der Waals surface area contributed by atoms with E-state index < -0.39 is 26.8 Å². The van der Waals surface area contributed by atoms with Crippen LogP contribution >= 0.6 is 0 Å². The summed E-state index contributed by atoms with van der Waals surface area (Å²) in [5.74, 6) is -0.369. The van der Waals surface area contributed by atoms with Crippen molar-refractivity contribution in [1.82, 2.24) is 0 Å². The summed E-state index contributed by atoms with van der Waals surface area (Å²) in [6.45, 7) is 7.00. The Morgan fingerprint density at radius 3 is 1.89 bits per heavy atom. The van der Waals surface area contributed by atoms with Gasteiger partial charge in [-0.15, -0.1) is 0 Å². The van der Waals surface area contributed by atoms with E-state index in [1.807, 2.05) is 30.3 Å². The van der Waals surface area contributed by atoms with Crippen LogP contribution in [0.4, 0.5) is 0 Å². The third kappa shape index (κ3) is 5.41. The molecule has 6 heteroatoms. The van der Waals surface area contributed by atoms with Crippen molar-refractivity contribution in [3.8, 4) is 0 Å². The molecule has 0 aliphatic carbocycles. The summed E-state index contributed by atoms with van der Waals surface area (Å²) in [7, 11) is -1.14. The van der Waals surface area contributed by atoms with Crippen molar-refractivity contribution in [3.63, 3.8) is 0 Å². The molecule has 3 atom stereocenters. The summed E-state index contributed by atoms with van der Waals surface area (Å²) >= 11 is 0. The van der Waals surface area contributed by atoms with E-state index in [-0.39, 0.29) is 11.0 Å². The van der Waals surface area contributed by atoms with Gasteiger partial charge in [-0.05, 0) is 27.5 Å². The maximum atomic E-state index is 12.8. The van der Waals surface area contributed by atoms with E-state index in [1.165, 1.54) is 10.4 Å². The zero-order chi connectivity index (χ0) is 24.9. The van der Waals surface area contributed by atoms with Crippen molar-refractivity contribution in [2.75, 3.05) is 13.7 Å². The van der Waals surface area contributed by atoms with Gasteiger partial charge in [-0.25, -0.2) is 4.79 Å². The highest BCUT2D eigenvalue weighted by Gasteiger charge is 2.51. The Morgan fingerprint density at radius 1 is 0.886 bits per heavy atom. The zero-order valence-electron chi connectivity index (χ0n) is 20.8. The predicted molar refractivity (Wildman–Crippen MR) is 140 cm³/mol. The number of methoxy groups -OCH3 is 1. The Labute approximate surface area is 209 Å². The number of benzene rings is 3. The predicted octanol–water partition coefficient (Wildman–Crippen LogP) is 4.55. The van der Waals surface area contributed by atoms with Gasteiger partial charge in [0.1, 0.15) is 12.2 Å². The molecular weight excluding hydrogens is 456 g/mol. The molecule has 3 aromatic carbocycles. The summed E-state index contributed by atoms with van der Waals surface area (Å²) < 4.78 is 24.5. The molecule has 0 aromatic heterocycles. The number of ether oxygens (including phenoxy) is 3. The molecule has 184 valence electrons. The van der Waals surface area contributed by atoms with Crippen molar-refractivity contribution in [2.24, 2.45) is 0 Å². The van der Waals surface area contributed by atoms with Crippen LogP contribution in [-0.4, -0.2) is 46.5 Å². The van der Waals surface area contributed by atoms with Crippen LogP contribution in [-0.2, 0) is 18.6 Å². The third-order valence-electron chi connectivity index (χ3n) is 6.58. The topological polar surface area (TPSA) is 54.0 Å². The molecule has 1 aliphatic rings. The Morgan fingerprint density at radius 2 is 1.40 bits per heavy atom. The molecule has 3 aromatic rings. The second kappa shape index (κ2) is 10.9. The average Bonchev–Trinajstić information content (AvgIpc) is 3.27. The lowest BCUT2D eigenvalue weighted by Crippen LogP contribution is -2.67. The van der Waals surface area contributed by atoms with Crippen LogP contribution < -0.4 is 10.4 Å². The lowest BCUT2D eigenvalue weighted by molar-refractivity contribution is -0.126. The van der Waals surface area contributed by atoms with Crippen molar-refractivity contribution in [2.45, 2.75) is 50.7 Å². The molecule has 1 aliphatic heterocycles. The third-order valence-corrected chi connectivity index (χ3v) is 11.6. The zero-order valence-corrected chi connectivity index (χ0v) is 21.8. The van der Waals surface area contributed by atoms with E-state index in [9.17, 15) is 4.79 Å². The Bertz CT molecular complexity index is 1040. The molecule has 0 spiro atoms. The van der Waals surface area contributed by atoms with Crippen LogP contribution in [0.3, 0.4) is 0 Å². The molecule has 0 N–H and O–H groups in total. The molecule has 35 heavy (non-hydrogen) atoms. The first-order chi connectivity index (χ1) is 16.8. The normalized spacial score (nSPS) is 20.5. The lowest BCUT2D eigenvalue weighted by Gasteiger charge is -2.43. The van der Waals surface area contributed by atoms with Crippen LogP contribution in [0.2, 0.25) is 5.04 Å². The first-order valence-electron chi connectivity index (χ1n) is 12.0. The number of esters is 1. The molecule has 1 heterocycles. The second-order valence-corrected chi connectivity index (χ2v) is 14.2. The highest BCUT2D eigenvalue weighted by molar-refractivity contribution is 6.99. The molecule has 0 bridgehead atoms. The summed E-state index contributed by atoms with van der Waals surface area (Å²) in [6.07, 6.45) is -0.888. The van der Waals surface area contributed by atoms with Gasteiger partial charge in [-0.1, -0.05) is 99.6 Å². The molecule has 5 nitrogen and oxygen atoms in total. The number of hydrogen-bond donors (Lipinski definition) is 0. The molecular formula is C29H34O5Si. The summed E-state index contributed by atoms with van der Waals surface area (Å²) in [5, 5.41) is 2.22. The maximum absolute atomic E-state index is 12.8. The van der Waals surface area contributed by atoms with Crippen LogP contribution in [0.1, 0.15) is 37.6 Å².